The highest BCUT2D eigenvalue weighted by atomic mass is 32.1. The van der Waals surface area contributed by atoms with Crippen molar-refractivity contribution in [3.05, 3.63) is 119 Å². The Labute approximate surface area is 242 Å². The number of hydrogen-bond acceptors (Lipinski definition) is 5. The van der Waals surface area contributed by atoms with E-state index >= 15 is 0 Å². The minimum absolute atomic E-state index is 0.0514. The number of aryl methyl sites for hydroxylation is 2. The van der Waals surface area contributed by atoms with Crippen LogP contribution in [0.4, 0.5) is 5.69 Å². The smallest absolute Gasteiger partial charge is 0.257 e. The molecule has 0 saturated carbocycles. The molecule has 1 aliphatic heterocycles. The van der Waals surface area contributed by atoms with Gasteiger partial charge in [0.25, 0.3) is 11.8 Å². The summed E-state index contributed by atoms with van der Waals surface area (Å²) in [5.74, 6) is -0.938. The lowest BCUT2D eigenvalue weighted by Gasteiger charge is -2.28. The lowest BCUT2D eigenvalue weighted by molar-refractivity contribution is -0.122. The zero-order valence-electron chi connectivity index (χ0n) is 22.9. The molecule has 6 rings (SSSR count). The molecular weight excluding hydrogens is 530 g/mol. The molecule has 1 saturated heterocycles. The maximum Gasteiger partial charge on any atom is 0.257 e. The summed E-state index contributed by atoms with van der Waals surface area (Å²) < 4.78 is 1.12. The normalized spacial score (nSPS) is 15.1. The van der Waals surface area contributed by atoms with Gasteiger partial charge < -0.3 is 4.90 Å². The van der Waals surface area contributed by atoms with Crippen molar-refractivity contribution in [3.8, 4) is 10.6 Å². The highest BCUT2D eigenvalue weighted by molar-refractivity contribution is 7.21. The summed E-state index contributed by atoms with van der Waals surface area (Å²) in [6.45, 7) is 4.26. The van der Waals surface area contributed by atoms with E-state index in [2.05, 4.69) is 13.0 Å². The van der Waals surface area contributed by atoms with Crippen LogP contribution in [0, 0.1) is 13.8 Å². The quantitative estimate of drug-likeness (QED) is 0.211. The van der Waals surface area contributed by atoms with Crippen LogP contribution in [0.5, 0.6) is 0 Å². The van der Waals surface area contributed by atoms with Gasteiger partial charge in [-0.05, 0) is 79.4 Å². The fraction of sp³-hybridized carbons (Fsp3) is 0.176. The fourth-order valence-electron chi connectivity index (χ4n) is 5.30. The second kappa shape index (κ2) is 11.1. The van der Waals surface area contributed by atoms with E-state index in [-0.39, 0.29) is 24.1 Å². The van der Waals surface area contributed by atoms with Crippen LogP contribution in [0.15, 0.2) is 97.1 Å². The second-order valence-corrected chi connectivity index (χ2v) is 11.4. The number of benzene rings is 4. The van der Waals surface area contributed by atoms with Gasteiger partial charge in [0.2, 0.25) is 5.91 Å². The van der Waals surface area contributed by atoms with Crippen LogP contribution in [0.25, 0.3) is 20.8 Å². The number of aromatic nitrogens is 1. The van der Waals surface area contributed by atoms with Crippen molar-refractivity contribution >= 4 is 45.0 Å². The number of rotatable bonds is 7. The number of amides is 3. The number of nitrogens with zero attached hydrogens (tertiary/aromatic N) is 3. The Morgan fingerprint density at radius 2 is 1.66 bits per heavy atom. The van der Waals surface area contributed by atoms with Crippen LogP contribution in [0.2, 0.25) is 0 Å². The number of imide groups is 1. The summed E-state index contributed by atoms with van der Waals surface area (Å²) >= 11 is 1.61. The van der Waals surface area contributed by atoms with Crippen LogP contribution in [0.3, 0.4) is 0 Å². The third-order valence-electron chi connectivity index (χ3n) is 7.54. The molecule has 0 bridgehead atoms. The maximum absolute atomic E-state index is 13.8. The molecule has 204 valence electrons. The molecule has 3 amide bonds. The number of thiazole rings is 1. The van der Waals surface area contributed by atoms with Gasteiger partial charge in [-0.3, -0.25) is 14.4 Å². The van der Waals surface area contributed by atoms with Gasteiger partial charge in [-0.15, -0.1) is 11.3 Å². The van der Waals surface area contributed by atoms with Gasteiger partial charge in [-0.25, -0.2) is 9.88 Å². The molecule has 41 heavy (non-hydrogen) atoms. The van der Waals surface area contributed by atoms with Gasteiger partial charge in [-0.2, -0.15) is 0 Å². The first-order valence-corrected chi connectivity index (χ1v) is 14.5. The summed E-state index contributed by atoms with van der Waals surface area (Å²) in [5.41, 5.74) is 5.97. The highest BCUT2D eigenvalue weighted by Crippen LogP contribution is 2.33. The van der Waals surface area contributed by atoms with Crippen LogP contribution in [0.1, 0.15) is 33.5 Å². The number of carbonyl (C=O) groups excluding carboxylic acids is 3. The molecular formula is C34H29N3O3S. The zero-order chi connectivity index (χ0) is 28.5. The number of anilines is 1. The minimum atomic E-state index is -0.870. The topological polar surface area (TPSA) is 70.6 Å². The van der Waals surface area contributed by atoms with Crippen molar-refractivity contribution in [1.82, 2.24) is 9.88 Å². The predicted molar refractivity (Wildman–Crippen MR) is 163 cm³/mol. The van der Waals surface area contributed by atoms with Gasteiger partial charge in [0, 0.05) is 17.7 Å². The molecule has 1 unspecified atom stereocenters. The Balaban J connectivity index is 1.27. The van der Waals surface area contributed by atoms with Gasteiger partial charge in [0.1, 0.15) is 11.0 Å². The van der Waals surface area contributed by atoms with Crippen molar-refractivity contribution in [3.63, 3.8) is 0 Å². The molecule has 0 aliphatic carbocycles. The van der Waals surface area contributed by atoms with E-state index in [0.717, 1.165) is 31.9 Å². The summed E-state index contributed by atoms with van der Waals surface area (Å²) in [4.78, 5) is 48.4. The van der Waals surface area contributed by atoms with Gasteiger partial charge in [-0.1, -0.05) is 54.6 Å². The van der Waals surface area contributed by atoms with E-state index in [1.165, 1.54) is 10.5 Å². The molecule has 4 aromatic carbocycles. The van der Waals surface area contributed by atoms with Crippen LogP contribution < -0.4 is 4.90 Å². The van der Waals surface area contributed by atoms with E-state index < -0.39 is 6.04 Å². The van der Waals surface area contributed by atoms with E-state index in [0.29, 0.717) is 24.2 Å². The summed E-state index contributed by atoms with van der Waals surface area (Å²) in [7, 11) is 0. The molecule has 1 fully saturated rings. The largest absolute Gasteiger partial charge is 0.326 e. The Morgan fingerprint density at radius 3 is 2.41 bits per heavy atom. The van der Waals surface area contributed by atoms with Gasteiger partial charge in [0.15, 0.2) is 0 Å². The highest BCUT2D eigenvalue weighted by Gasteiger charge is 2.44. The number of fused-ring (bicyclic) bond motifs is 1. The molecule has 0 spiro atoms. The molecule has 0 N–H and O–H groups in total. The average Bonchev–Trinajstić information content (AvgIpc) is 3.53. The van der Waals surface area contributed by atoms with Crippen LogP contribution in [-0.4, -0.2) is 40.2 Å². The Bertz CT molecular complexity index is 1760. The van der Waals surface area contributed by atoms with Crippen LogP contribution in [-0.2, 0) is 16.0 Å². The summed E-state index contributed by atoms with van der Waals surface area (Å²) in [5, 5.41) is 0.880. The van der Waals surface area contributed by atoms with E-state index in [4.69, 9.17) is 4.98 Å². The molecule has 5 aromatic rings. The van der Waals surface area contributed by atoms with Crippen molar-refractivity contribution in [1.29, 1.82) is 0 Å². The first kappa shape index (κ1) is 26.6. The molecule has 1 aliphatic rings. The molecule has 0 radical (unpaired) electrons. The third kappa shape index (κ3) is 5.28. The summed E-state index contributed by atoms with van der Waals surface area (Å²) in [6, 6.07) is 29.8. The Morgan fingerprint density at radius 1 is 0.927 bits per heavy atom. The third-order valence-corrected chi connectivity index (χ3v) is 8.60. The Hall–Kier alpha value is -4.62. The lowest BCUT2D eigenvalue weighted by Crippen LogP contribution is -2.46. The van der Waals surface area contributed by atoms with Crippen molar-refractivity contribution in [2.45, 2.75) is 32.7 Å². The average molecular weight is 560 g/mol. The maximum atomic E-state index is 13.8. The standard InChI is InChI=1S/C34H29N3O3S/c1-22-12-17-28-30(20-22)41-32(35-28)25-13-15-26(16-14-25)37-31(38)21-29(34(37)40)36(19-18-24-9-4-3-5-10-24)33(39)27-11-7-6-8-23(27)2/h3-17,20,29H,18-19,21H2,1-2H3. The molecule has 6 nitrogen and oxygen atoms in total. The van der Waals surface area contributed by atoms with Crippen molar-refractivity contribution in [2.24, 2.45) is 0 Å². The number of carbonyl (C=O) groups is 3. The van der Waals surface area contributed by atoms with Gasteiger partial charge in [0.05, 0.1) is 22.3 Å². The first-order chi connectivity index (χ1) is 19.9. The molecule has 1 aromatic heterocycles. The summed E-state index contributed by atoms with van der Waals surface area (Å²) in [6.07, 6.45) is 0.525. The Kier molecular flexibility index (Phi) is 7.20. The lowest BCUT2D eigenvalue weighted by atomic mass is 10.0. The molecule has 1 atom stereocenters. The monoisotopic (exact) mass is 559 g/mol. The number of hydrogen-bond donors (Lipinski definition) is 0. The van der Waals surface area contributed by atoms with E-state index in [1.54, 1.807) is 34.4 Å². The predicted octanol–water partition coefficient (Wildman–Crippen LogP) is 6.60. The van der Waals surface area contributed by atoms with Crippen LogP contribution >= 0.6 is 11.3 Å². The van der Waals surface area contributed by atoms with Crippen molar-refractivity contribution in [2.75, 3.05) is 11.4 Å². The SMILES string of the molecule is Cc1ccc2nc(-c3ccc(N4C(=O)CC(N(CCc5ccccc5)C(=O)c5ccccc5C)C4=O)cc3)sc2c1. The second-order valence-electron chi connectivity index (χ2n) is 10.4. The van der Waals surface area contributed by atoms with Gasteiger partial charge >= 0.3 is 0 Å². The zero-order valence-corrected chi connectivity index (χ0v) is 23.7. The first-order valence-electron chi connectivity index (χ1n) is 13.6. The van der Waals surface area contributed by atoms with Crippen molar-refractivity contribution < 1.29 is 14.4 Å². The van der Waals surface area contributed by atoms with E-state index in [1.807, 2.05) is 79.7 Å². The molecule has 7 heteroatoms. The fourth-order valence-corrected chi connectivity index (χ4v) is 6.37. The van der Waals surface area contributed by atoms with E-state index in [9.17, 15) is 14.4 Å². The molecule has 2 heterocycles. The minimum Gasteiger partial charge on any atom is -0.326 e.